The van der Waals surface area contributed by atoms with E-state index in [2.05, 4.69) is 27.0 Å². The maximum atomic E-state index is 12.6. The van der Waals surface area contributed by atoms with Crippen LogP contribution in [0.4, 0.5) is 5.69 Å². The summed E-state index contributed by atoms with van der Waals surface area (Å²) in [7, 11) is 3.92. The first-order valence-electron chi connectivity index (χ1n) is 8.42. The van der Waals surface area contributed by atoms with Gasteiger partial charge in [-0.05, 0) is 25.2 Å². The minimum absolute atomic E-state index is 0.0155. The van der Waals surface area contributed by atoms with Crippen LogP contribution in [-0.2, 0) is 17.9 Å². The lowest BCUT2D eigenvalue weighted by Gasteiger charge is -2.31. The molecular formula is C17H21ClN6O. The van der Waals surface area contributed by atoms with Gasteiger partial charge in [0.2, 0.25) is 5.91 Å². The van der Waals surface area contributed by atoms with Crippen LogP contribution in [0.2, 0.25) is 5.02 Å². The smallest absolute Gasteiger partial charge is 0.246 e. The van der Waals surface area contributed by atoms with Gasteiger partial charge in [0.05, 0.1) is 12.2 Å². The first kappa shape index (κ1) is 16.5. The number of halogens is 1. The Morgan fingerprint density at radius 1 is 1.12 bits per heavy atom. The average molecular weight is 361 g/mol. The molecule has 1 amide bonds. The van der Waals surface area contributed by atoms with Crippen LogP contribution in [0.1, 0.15) is 5.82 Å². The number of nitrogens with zero attached hydrogens (tertiary/aromatic N) is 6. The summed E-state index contributed by atoms with van der Waals surface area (Å²) < 4.78 is 1.93. The van der Waals surface area contributed by atoms with Crippen LogP contribution >= 0.6 is 11.6 Å². The number of benzene rings is 1. The molecule has 0 spiro atoms. The number of aromatic nitrogens is 3. The molecule has 132 valence electrons. The van der Waals surface area contributed by atoms with Crippen molar-refractivity contribution in [1.29, 1.82) is 0 Å². The number of anilines is 1. The van der Waals surface area contributed by atoms with Gasteiger partial charge < -0.3 is 14.4 Å². The van der Waals surface area contributed by atoms with Crippen molar-refractivity contribution in [2.45, 2.75) is 13.1 Å². The summed E-state index contributed by atoms with van der Waals surface area (Å²) in [4.78, 5) is 18.9. The number of carbonyl (C=O) groups is 1. The normalized spacial score (nSPS) is 18.8. The van der Waals surface area contributed by atoms with Crippen molar-refractivity contribution in [1.82, 2.24) is 24.6 Å². The van der Waals surface area contributed by atoms with E-state index in [1.54, 1.807) is 18.0 Å². The highest BCUT2D eigenvalue weighted by atomic mass is 35.5. The molecule has 0 bridgehead atoms. The quantitative estimate of drug-likeness (QED) is 0.808. The van der Waals surface area contributed by atoms with E-state index in [0.717, 1.165) is 43.3 Å². The van der Waals surface area contributed by atoms with Gasteiger partial charge in [-0.3, -0.25) is 9.69 Å². The number of hydrogen-bond donors (Lipinski definition) is 0. The number of hydrogen-bond acceptors (Lipinski definition) is 5. The maximum absolute atomic E-state index is 12.6. The fourth-order valence-electron chi connectivity index (χ4n) is 3.38. The molecule has 4 rings (SSSR count). The first-order valence-corrected chi connectivity index (χ1v) is 8.80. The Hall–Kier alpha value is -1.96. The van der Waals surface area contributed by atoms with Crippen molar-refractivity contribution in [3.8, 4) is 11.4 Å². The molecule has 0 unspecified atom stereocenters. The Bertz CT molecular complexity index is 811. The topological polar surface area (TPSA) is 57.5 Å². The van der Waals surface area contributed by atoms with Crippen LogP contribution in [0, 0.1) is 0 Å². The number of carbonyl (C=O) groups excluding carboxylic acids is 1. The molecule has 2 aliphatic heterocycles. The van der Waals surface area contributed by atoms with Crippen molar-refractivity contribution >= 4 is 23.2 Å². The predicted octanol–water partition coefficient (Wildman–Crippen LogP) is 1.32. The third-order valence-electron chi connectivity index (χ3n) is 5.02. The number of amides is 1. The van der Waals surface area contributed by atoms with E-state index in [1.807, 2.05) is 16.7 Å². The van der Waals surface area contributed by atoms with Crippen LogP contribution in [0.15, 0.2) is 18.2 Å². The van der Waals surface area contributed by atoms with Crippen LogP contribution in [0.3, 0.4) is 0 Å². The molecule has 0 N–H and O–H groups in total. The molecule has 0 aliphatic carbocycles. The summed E-state index contributed by atoms with van der Waals surface area (Å²) in [5.41, 5.74) is 1.66. The Morgan fingerprint density at radius 2 is 1.88 bits per heavy atom. The molecule has 25 heavy (non-hydrogen) atoms. The predicted molar refractivity (Wildman–Crippen MR) is 96.7 cm³/mol. The van der Waals surface area contributed by atoms with Gasteiger partial charge in [-0.25, -0.2) is 0 Å². The van der Waals surface area contributed by atoms with Crippen molar-refractivity contribution < 1.29 is 4.79 Å². The molecule has 8 heteroatoms. The highest BCUT2D eigenvalue weighted by Gasteiger charge is 2.28. The number of likely N-dealkylation sites (N-methyl/N-ethyl adjacent to an activating group) is 2. The summed E-state index contributed by atoms with van der Waals surface area (Å²) in [6.07, 6.45) is 0. The minimum atomic E-state index is 0.0155. The molecule has 2 aromatic rings. The molecule has 1 aromatic carbocycles. The van der Waals surface area contributed by atoms with Crippen molar-refractivity contribution in [3.63, 3.8) is 0 Å². The fourth-order valence-corrected chi connectivity index (χ4v) is 3.55. The summed E-state index contributed by atoms with van der Waals surface area (Å²) in [6, 6.07) is 5.51. The third kappa shape index (κ3) is 3.03. The first-order chi connectivity index (χ1) is 12.0. The van der Waals surface area contributed by atoms with Crippen molar-refractivity contribution in [2.24, 2.45) is 0 Å². The van der Waals surface area contributed by atoms with Crippen LogP contribution in [0.25, 0.3) is 11.4 Å². The molecular weight excluding hydrogens is 340 g/mol. The van der Waals surface area contributed by atoms with E-state index in [1.165, 1.54) is 0 Å². The molecule has 3 heterocycles. The molecule has 1 aromatic heterocycles. The standard InChI is InChI=1S/C17H21ClN6O/c1-21-5-7-23(8-6-21)10-15-19-20-17-13-9-12(18)3-4-14(13)22(2)16(25)11-24(15)17/h3-4,9H,5-8,10-11H2,1-2H3. The summed E-state index contributed by atoms with van der Waals surface area (Å²) in [5.74, 6) is 1.55. The van der Waals surface area contributed by atoms with E-state index in [0.29, 0.717) is 17.4 Å². The highest BCUT2D eigenvalue weighted by Crippen LogP contribution is 2.34. The van der Waals surface area contributed by atoms with Crippen LogP contribution < -0.4 is 4.90 Å². The molecule has 1 saturated heterocycles. The van der Waals surface area contributed by atoms with Gasteiger partial charge in [-0.1, -0.05) is 11.6 Å². The number of piperazine rings is 1. The van der Waals surface area contributed by atoms with E-state index >= 15 is 0 Å². The monoisotopic (exact) mass is 360 g/mol. The largest absolute Gasteiger partial charge is 0.313 e. The van der Waals surface area contributed by atoms with Crippen molar-refractivity contribution in [2.75, 3.05) is 45.2 Å². The Balaban J connectivity index is 1.71. The third-order valence-corrected chi connectivity index (χ3v) is 5.25. The van der Waals surface area contributed by atoms with E-state index in [9.17, 15) is 4.79 Å². The Morgan fingerprint density at radius 3 is 2.64 bits per heavy atom. The van der Waals surface area contributed by atoms with Crippen LogP contribution in [0.5, 0.6) is 0 Å². The molecule has 0 radical (unpaired) electrons. The second-order valence-corrected chi connectivity index (χ2v) is 7.16. The zero-order valence-corrected chi connectivity index (χ0v) is 15.2. The van der Waals surface area contributed by atoms with E-state index in [4.69, 9.17) is 11.6 Å². The van der Waals surface area contributed by atoms with Gasteiger partial charge in [0.15, 0.2) is 5.82 Å². The van der Waals surface area contributed by atoms with Gasteiger partial charge >= 0.3 is 0 Å². The number of fused-ring (bicyclic) bond motifs is 3. The summed E-state index contributed by atoms with van der Waals surface area (Å²) in [5, 5.41) is 9.39. The second-order valence-electron chi connectivity index (χ2n) is 6.72. The Labute approximate surface area is 151 Å². The molecule has 0 atom stereocenters. The van der Waals surface area contributed by atoms with E-state index < -0.39 is 0 Å². The molecule has 2 aliphatic rings. The van der Waals surface area contributed by atoms with Gasteiger partial charge in [0.25, 0.3) is 0 Å². The second kappa shape index (κ2) is 6.40. The zero-order chi connectivity index (χ0) is 17.6. The van der Waals surface area contributed by atoms with E-state index in [-0.39, 0.29) is 12.5 Å². The minimum Gasteiger partial charge on any atom is -0.313 e. The van der Waals surface area contributed by atoms with Crippen molar-refractivity contribution in [3.05, 3.63) is 29.0 Å². The molecule has 1 fully saturated rings. The lowest BCUT2D eigenvalue weighted by atomic mass is 10.1. The summed E-state index contributed by atoms with van der Waals surface area (Å²) >= 11 is 6.18. The van der Waals surface area contributed by atoms with Gasteiger partial charge in [0.1, 0.15) is 12.4 Å². The molecule has 7 nitrogen and oxygen atoms in total. The van der Waals surface area contributed by atoms with Crippen LogP contribution in [-0.4, -0.2) is 70.7 Å². The van der Waals surface area contributed by atoms with Gasteiger partial charge in [-0.15, -0.1) is 10.2 Å². The van der Waals surface area contributed by atoms with Gasteiger partial charge in [-0.2, -0.15) is 0 Å². The SMILES string of the molecule is CN1CCN(Cc2nnc3n2CC(=O)N(C)c2ccc(Cl)cc2-3)CC1. The highest BCUT2D eigenvalue weighted by molar-refractivity contribution is 6.31. The average Bonchev–Trinajstić information content (AvgIpc) is 2.94. The lowest BCUT2D eigenvalue weighted by Crippen LogP contribution is -2.44. The van der Waals surface area contributed by atoms with Gasteiger partial charge in [0, 0.05) is 43.8 Å². The zero-order valence-electron chi connectivity index (χ0n) is 14.4. The summed E-state index contributed by atoms with van der Waals surface area (Å²) in [6.45, 7) is 5.02. The fraction of sp³-hybridized carbons (Fsp3) is 0.471. The number of rotatable bonds is 2. The Kier molecular flexibility index (Phi) is 4.23. The maximum Gasteiger partial charge on any atom is 0.246 e. The lowest BCUT2D eigenvalue weighted by molar-refractivity contribution is -0.118. The molecule has 0 saturated carbocycles.